The largest absolute Gasteiger partial charge is 0.394 e. The zero-order chi connectivity index (χ0) is 77.4. The van der Waals surface area contributed by atoms with Gasteiger partial charge >= 0.3 is 0 Å². The van der Waals surface area contributed by atoms with E-state index in [-0.39, 0.29) is 107 Å². The molecule has 0 amide bonds. The predicted molar refractivity (Wildman–Crippen MR) is 443 cm³/mol. The van der Waals surface area contributed by atoms with Gasteiger partial charge in [0.2, 0.25) is 0 Å². The van der Waals surface area contributed by atoms with Crippen molar-refractivity contribution in [3.63, 3.8) is 0 Å². The van der Waals surface area contributed by atoms with Crippen LogP contribution in [0.5, 0.6) is 0 Å². The summed E-state index contributed by atoms with van der Waals surface area (Å²) < 4.78 is 0. The van der Waals surface area contributed by atoms with Gasteiger partial charge in [-0.25, -0.2) is 0 Å². The smallest absolute Gasteiger partial charge is 0.0778 e. The molecule has 0 heterocycles. The Morgan fingerprint density at radius 1 is 0.252 bits per heavy atom. The maximum Gasteiger partial charge on any atom is 0.0778 e. The summed E-state index contributed by atoms with van der Waals surface area (Å²) in [6.07, 6.45) is 17.6. The van der Waals surface area contributed by atoms with Crippen molar-refractivity contribution in [2.24, 2.45) is 83.3 Å². The first-order chi connectivity index (χ1) is 47.7. The second-order valence-electron chi connectivity index (χ2n) is 37.0. The van der Waals surface area contributed by atoms with Crippen LogP contribution in [0.25, 0.3) is 0 Å². The third kappa shape index (κ3) is 26.6. The lowest BCUT2D eigenvalue weighted by atomic mass is 9.87. The molecule has 570 valence electrons. The first-order valence-electron chi connectivity index (χ1n) is 37.0. The average molecular weight is 1460 g/mol. The number of benzene rings is 4. The van der Waals surface area contributed by atoms with Crippen molar-refractivity contribution in [3.8, 4) is 0 Å². The van der Waals surface area contributed by atoms with Crippen molar-refractivity contribution in [2.45, 2.75) is 245 Å². The molecule has 8 N–H and O–H groups in total. The van der Waals surface area contributed by atoms with Crippen molar-refractivity contribution in [1.82, 2.24) is 0 Å². The molecule has 0 aliphatic heterocycles. The fourth-order valence-corrected chi connectivity index (χ4v) is 19.2. The lowest BCUT2D eigenvalue weighted by Crippen LogP contribution is -2.33. The molecule has 1 aliphatic rings. The van der Waals surface area contributed by atoms with Gasteiger partial charge in [0.1, 0.15) is 0 Å². The van der Waals surface area contributed by atoms with Gasteiger partial charge in [-0.2, -0.15) is 0 Å². The summed E-state index contributed by atoms with van der Waals surface area (Å²) in [7, 11) is -2.95. The minimum absolute atomic E-state index is 0.0587. The van der Waals surface area contributed by atoms with E-state index < -0.39 is 64.2 Å². The molecule has 0 spiro atoms. The highest BCUT2D eigenvalue weighted by atomic mass is 31.1. The highest BCUT2D eigenvalue weighted by Crippen LogP contribution is 2.58. The van der Waals surface area contributed by atoms with Crippen molar-refractivity contribution < 1.29 is 40.9 Å². The monoisotopic (exact) mass is 1450 g/mol. The summed E-state index contributed by atoms with van der Waals surface area (Å²) in [6.45, 7) is 48.6. The zero-order valence-corrected chi connectivity index (χ0v) is 68.9. The summed E-state index contributed by atoms with van der Waals surface area (Å²) >= 11 is 0. The Hall–Kier alpha value is -5.22. The van der Waals surface area contributed by atoms with E-state index >= 15 is 0 Å². The number of nitrogens with zero attached hydrogens (tertiary/aromatic N) is 8. The van der Waals surface area contributed by atoms with Crippen LogP contribution in [0.15, 0.2) is 113 Å². The van der Waals surface area contributed by atoms with E-state index in [0.29, 0.717) is 0 Å². The van der Waals surface area contributed by atoms with Crippen LogP contribution >= 0.6 is 15.8 Å². The quantitative estimate of drug-likeness (QED) is 0.0183. The molecular formula is C85H132N8O8P2. The first-order valence-corrected chi connectivity index (χ1v) is 39.9. The van der Waals surface area contributed by atoms with Crippen LogP contribution in [0.2, 0.25) is 0 Å². The SMILES string of the molecule is CC(C)(C)[C@@H](CO)N=Cc1cc(C=N[C@H](CO)C(C)(C)C)cc(P(c2cc(C=N[C@H](CO)C(C)(C)C)cc(C=N[C@H](CO)C(C)(C)C)c2)[C@H]2CCC[C@@H]2P(c2cc(C=N[C@H](CO)C(C)(C)C)cc(C=N[C@H](CO)C(C)(C)C)c2)c2cc(C=N[C@H](CO)C(C)(C)C)cc(C=N[C@H](CO)C(C)(C)C)c2)c1. The summed E-state index contributed by atoms with van der Waals surface area (Å²) in [5.41, 5.74) is 3.59. The van der Waals surface area contributed by atoms with Gasteiger partial charge in [0.05, 0.1) is 101 Å². The van der Waals surface area contributed by atoms with Crippen molar-refractivity contribution in [2.75, 3.05) is 52.9 Å². The van der Waals surface area contributed by atoms with Crippen LogP contribution in [0.3, 0.4) is 0 Å². The van der Waals surface area contributed by atoms with E-state index in [4.69, 9.17) is 39.9 Å². The normalized spacial score (nSPS) is 19.1. The van der Waals surface area contributed by atoms with Gasteiger partial charge in [-0.05, 0) is 222 Å². The fourth-order valence-electron chi connectivity index (χ4n) is 12.1. The maximum atomic E-state index is 10.9. The minimum Gasteiger partial charge on any atom is -0.394 e. The third-order valence-electron chi connectivity index (χ3n) is 19.7. The Balaban J connectivity index is 2.16. The Bertz CT molecular complexity index is 2940. The number of rotatable bonds is 30. The van der Waals surface area contributed by atoms with Gasteiger partial charge < -0.3 is 40.9 Å². The number of hydrogen-bond acceptors (Lipinski definition) is 16. The Morgan fingerprint density at radius 2 is 0.379 bits per heavy atom. The molecule has 10 atom stereocenters. The molecule has 0 saturated heterocycles. The van der Waals surface area contributed by atoms with E-state index in [1.807, 2.05) is 49.7 Å². The molecule has 4 aromatic rings. The third-order valence-corrected chi connectivity index (χ3v) is 25.7. The van der Waals surface area contributed by atoms with Crippen molar-refractivity contribution >= 4 is 86.8 Å². The Morgan fingerprint density at radius 3 is 0.485 bits per heavy atom. The van der Waals surface area contributed by atoms with Crippen LogP contribution in [-0.2, 0) is 0 Å². The maximum absolute atomic E-state index is 10.9. The molecule has 5 rings (SSSR count). The molecule has 1 fully saturated rings. The molecule has 103 heavy (non-hydrogen) atoms. The van der Waals surface area contributed by atoms with E-state index in [1.165, 1.54) is 0 Å². The van der Waals surface area contributed by atoms with Crippen LogP contribution in [0.1, 0.15) is 230 Å². The molecular weight excluding hydrogens is 1320 g/mol. The molecule has 0 bridgehead atoms. The van der Waals surface area contributed by atoms with E-state index in [1.54, 1.807) is 0 Å². The van der Waals surface area contributed by atoms with E-state index in [2.05, 4.69) is 239 Å². The fraction of sp³-hybridized carbons (Fsp3) is 0.624. The lowest BCUT2D eigenvalue weighted by Gasteiger charge is -2.36. The van der Waals surface area contributed by atoms with Gasteiger partial charge in [0, 0.05) is 49.7 Å². The van der Waals surface area contributed by atoms with Crippen LogP contribution < -0.4 is 21.2 Å². The Labute approximate surface area is 622 Å². The van der Waals surface area contributed by atoms with Crippen molar-refractivity contribution in [1.29, 1.82) is 0 Å². The first kappa shape index (κ1) is 88.4. The van der Waals surface area contributed by atoms with E-state index in [9.17, 15) is 40.9 Å². The van der Waals surface area contributed by atoms with Crippen LogP contribution in [0, 0.1) is 43.3 Å². The molecule has 1 saturated carbocycles. The summed E-state index contributed by atoms with van der Waals surface area (Å²) in [6, 6.07) is 23.0. The lowest BCUT2D eigenvalue weighted by molar-refractivity contribution is 0.190. The number of aliphatic imine (C=N–C) groups is 8. The highest BCUT2D eigenvalue weighted by molar-refractivity contribution is 7.77. The van der Waals surface area contributed by atoms with E-state index in [0.717, 1.165) is 85.0 Å². The second-order valence-corrected chi connectivity index (χ2v) is 41.8. The van der Waals surface area contributed by atoms with Gasteiger partial charge in [0.25, 0.3) is 0 Å². The standard InChI is InChI=1S/C85H132N8O8P2/c1-78(2,3)70(48-94)86-40-56-28-57(41-87-71(49-95)79(4,5)6)33-64(32-56)102(65-34-58(42-88-72(50-96)80(7,8)9)29-59(35-65)43-89-73(51-97)81(10,11)12)68-26-25-27-69(68)103(66-36-60(44-90-74(52-98)82(13,14)15)30-61(37-66)45-91-75(53-99)83(16,17)18)67-38-62(46-92-76(54-100)84(19,20)21)31-63(39-67)47-93-77(55-101)85(22,23)24/h28-47,68-77,94-101H,25-27,48-55H2,1-24H3/t68-,69-,70+,71+,72+,73+,74+,75+,76+,77+,102?,103?/m0/s1. The second kappa shape index (κ2) is 37.5. The van der Waals surface area contributed by atoms with Crippen LogP contribution in [-0.4, -0.2) is 203 Å². The van der Waals surface area contributed by atoms with Crippen LogP contribution in [0.4, 0.5) is 0 Å². The molecule has 4 aromatic carbocycles. The number of aliphatic hydroxyl groups is 8. The molecule has 0 radical (unpaired) electrons. The highest BCUT2D eigenvalue weighted by Gasteiger charge is 2.42. The summed E-state index contributed by atoms with van der Waals surface area (Å²) in [5.74, 6) is 0. The van der Waals surface area contributed by atoms with Gasteiger partial charge in [-0.3, -0.25) is 39.9 Å². The number of aliphatic hydroxyl groups excluding tert-OH is 8. The Kier molecular flexibility index (Phi) is 32.2. The minimum atomic E-state index is -1.48. The van der Waals surface area contributed by atoms with Gasteiger partial charge in [0.15, 0.2) is 0 Å². The number of hydrogen-bond donors (Lipinski definition) is 8. The van der Waals surface area contributed by atoms with Crippen molar-refractivity contribution in [3.05, 3.63) is 117 Å². The molecule has 16 nitrogen and oxygen atoms in total. The predicted octanol–water partition coefficient (Wildman–Crippen LogP) is 12.8. The molecule has 18 heteroatoms. The average Bonchev–Trinajstić information content (AvgIpc) is 1.68. The molecule has 0 unspecified atom stereocenters. The van der Waals surface area contributed by atoms with Gasteiger partial charge in [-0.1, -0.05) is 173 Å². The zero-order valence-electron chi connectivity index (χ0n) is 67.1. The molecule has 1 aliphatic carbocycles. The van der Waals surface area contributed by atoms with Gasteiger partial charge in [-0.15, -0.1) is 0 Å². The summed E-state index contributed by atoms with van der Waals surface area (Å²) in [4.78, 5) is 41.0. The molecule has 0 aromatic heterocycles. The topological polar surface area (TPSA) is 261 Å². The summed E-state index contributed by atoms with van der Waals surface area (Å²) in [5, 5.41) is 91.1.